The Morgan fingerprint density at radius 2 is 1.50 bits per heavy atom. The van der Waals surface area contributed by atoms with Crippen LogP contribution in [-0.2, 0) is 0 Å². The minimum atomic E-state index is 0.303. The van der Waals surface area contributed by atoms with Crippen molar-refractivity contribution in [3.05, 3.63) is 47.5 Å². The average molecular weight is 351 g/mol. The fourth-order valence-corrected chi connectivity index (χ4v) is 3.63. The Balaban J connectivity index is 2.15. The van der Waals surface area contributed by atoms with Crippen LogP contribution < -0.4 is 0 Å². The maximum Gasteiger partial charge on any atom is 0.146 e. The van der Waals surface area contributed by atoms with Crippen molar-refractivity contribution in [3.63, 3.8) is 0 Å². The zero-order chi connectivity index (χ0) is 18.7. The normalized spacial score (nSPS) is 13.8. The number of hydrogen-bond acceptors (Lipinski definition) is 3. The van der Waals surface area contributed by atoms with Crippen molar-refractivity contribution in [1.29, 1.82) is 0 Å². The molecule has 3 rings (SSSR count). The van der Waals surface area contributed by atoms with Gasteiger partial charge < -0.3 is 5.11 Å². The van der Waals surface area contributed by atoms with Crippen molar-refractivity contribution >= 4 is 11.0 Å². The monoisotopic (exact) mass is 351 g/mol. The molecule has 2 unspecified atom stereocenters. The number of phenols is 1. The van der Waals surface area contributed by atoms with Crippen LogP contribution in [0.5, 0.6) is 5.75 Å². The van der Waals surface area contributed by atoms with Crippen LogP contribution >= 0.6 is 0 Å². The molecule has 4 heteroatoms. The topological polar surface area (TPSA) is 50.9 Å². The standard InChI is InChI=1S/C22H29N3O/c1-5-9-15(3)17-13-18(16(4)10-6-2)22(26)21(14-17)25-23-19-11-7-8-12-20(19)24-25/h7-8,11-16,26H,5-6,9-10H2,1-4H3. The molecule has 26 heavy (non-hydrogen) atoms. The largest absolute Gasteiger partial charge is 0.505 e. The van der Waals surface area contributed by atoms with Gasteiger partial charge in [0.05, 0.1) is 0 Å². The van der Waals surface area contributed by atoms with Crippen molar-refractivity contribution in [1.82, 2.24) is 15.0 Å². The van der Waals surface area contributed by atoms with Crippen LogP contribution in [0, 0.1) is 0 Å². The molecular weight excluding hydrogens is 322 g/mol. The molecule has 0 radical (unpaired) electrons. The van der Waals surface area contributed by atoms with Crippen LogP contribution in [0.1, 0.15) is 76.3 Å². The van der Waals surface area contributed by atoms with Gasteiger partial charge in [-0.15, -0.1) is 15.0 Å². The number of nitrogens with zero attached hydrogens (tertiary/aromatic N) is 3. The van der Waals surface area contributed by atoms with Crippen molar-refractivity contribution in [3.8, 4) is 11.4 Å². The molecule has 0 aliphatic carbocycles. The highest BCUT2D eigenvalue weighted by Gasteiger charge is 2.20. The first kappa shape index (κ1) is 18.4. The second-order valence-corrected chi connectivity index (χ2v) is 7.34. The Kier molecular flexibility index (Phi) is 5.60. The third kappa shape index (κ3) is 3.59. The van der Waals surface area contributed by atoms with Gasteiger partial charge in [-0.25, -0.2) is 0 Å². The molecule has 0 bridgehead atoms. The molecule has 4 nitrogen and oxygen atoms in total. The SMILES string of the molecule is CCCC(C)c1cc(C(C)CCC)c(O)c(-n2nc3ccccc3n2)c1. The lowest BCUT2D eigenvalue weighted by Crippen LogP contribution is -2.06. The van der Waals surface area contributed by atoms with Crippen molar-refractivity contribution in [2.45, 2.75) is 65.2 Å². The Morgan fingerprint density at radius 3 is 2.08 bits per heavy atom. The van der Waals surface area contributed by atoms with Gasteiger partial charge in [-0.1, -0.05) is 58.7 Å². The van der Waals surface area contributed by atoms with Crippen molar-refractivity contribution in [2.24, 2.45) is 0 Å². The van der Waals surface area contributed by atoms with Gasteiger partial charge in [-0.05, 0) is 54.0 Å². The molecule has 0 amide bonds. The van der Waals surface area contributed by atoms with Gasteiger partial charge >= 0.3 is 0 Å². The fraction of sp³-hybridized carbons (Fsp3) is 0.455. The van der Waals surface area contributed by atoms with Gasteiger partial charge in [0.15, 0.2) is 0 Å². The number of aromatic nitrogens is 3. The Hall–Kier alpha value is -2.36. The van der Waals surface area contributed by atoms with Gasteiger partial charge in [0.1, 0.15) is 22.5 Å². The highest BCUT2D eigenvalue weighted by atomic mass is 16.3. The Morgan fingerprint density at radius 1 is 0.923 bits per heavy atom. The third-order valence-corrected chi connectivity index (χ3v) is 5.19. The molecule has 2 aromatic carbocycles. The average Bonchev–Trinajstić information content (AvgIpc) is 3.06. The molecule has 0 aliphatic heterocycles. The summed E-state index contributed by atoms with van der Waals surface area (Å²) in [7, 11) is 0. The first-order valence-corrected chi connectivity index (χ1v) is 9.74. The number of phenolic OH excluding ortho intramolecular Hbond substituents is 1. The Labute approximate surface area is 155 Å². The molecule has 0 aliphatic rings. The number of fused-ring (bicyclic) bond motifs is 1. The van der Waals surface area contributed by atoms with E-state index in [2.05, 4.69) is 50.0 Å². The first-order chi connectivity index (χ1) is 12.5. The van der Waals surface area contributed by atoms with Gasteiger partial charge in [-0.3, -0.25) is 0 Å². The lowest BCUT2D eigenvalue weighted by molar-refractivity contribution is 0.452. The van der Waals surface area contributed by atoms with E-state index in [0.717, 1.165) is 42.3 Å². The summed E-state index contributed by atoms with van der Waals surface area (Å²) in [5, 5.41) is 20.2. The molecule has 0 saturated carbocycles. The smallest absolute Gasteiger partial charge is 0.146 e. The van der Waals surface area contributed by atoms with Crippen molar-refractivity contribution in [2.75, 3.05) is 0 Å². The van der Waals surface area contributed by atoms with Crippen LogP contribution in [0.15, 0.2) is 36.4 Å². The maximum absolute atomic E-state index is 11.0. The molecular formula is C22H29N3O. The summed E-state index contributed by atoms with van der Waals surface area (Å²) in [4.78, 5) is 1.59. The molecule has 1 heterocycles. The molecule has 1 aromatic heterocycles. The number of aromatic hydroxyl groups is 1. The summed E-state index contributed by atoms with van der Waals surface area (Å²) < 4.78 is 0. The predicted molar refractivity (Wildman–Crippen MR) is 107 cm³/mol. The first-order valence-electron chi connectivity index (χ1n) is 9.74. The fourth-order valence-electron chi connectivity index (χ4n) is 3.63. The maximum atomic E-state index is 11.0. The summed E-state index contributed by atoms with van der Waals surface area (Å²) in [5.41, 5.74) is 4.60. The molecule has 3 aromatic rings. The van der Waals surface area contributed by atoms with E-state index in [1.165, 1.54) is 5.56 Å². The van der Waals surface area contributed by atoms with Gasteiger partial charge in [-0.2, -0.15) is 0 Å². The summed E-state index contributed by atoms with van der Waals surface area (Å²) in [6.45, 7) is 8.82. The molecule has 138 valence electrons. The van der Waals surface area contributed by atoms with Gasteiger partial charge in [0, 0.05) is 0 Å². The predicted octanol–water partition coefficient (Wildman–Crippen LogP) is 5.93. The zero-order valence-corrected chi connectivity index (χ0v) is 16.2. The van der Waals surface area contributed by atoms with Crippen molar-refractivity contribution < 1.29 is 5.11 Å². The van der Waals surface area contributed by atoms with Crippen LogP contribution in [0.25, 0.3) is 16.7 Å². The van der Waals surface area contributed by atoms with Crippen LogP contribution in [0.4, 0.5) is 0 Å². The minimum Gasteiger partial charge on any atom is -0.505 e. The highest BCUT2D eigenvalue weighted by molar-refractivity contribution is 5.73. The van der Waals surface area contributed by atoms with E-state index in [1.54, 1.807) is 4.80 Å². The highest BCUT2D eigenvalue weighted by Crippen LogP contribution is 2.37. The number of hydrogen-bond donors (Lipinski definition) is 1. The van der Waals surface area contributed by atoms with Gasteiger partial charge in [0.25, 0.3) is 0 Å². The number of rotatable bonds is 7. The van der Waals surface area contributed by atoms with E-state index >= 15 is 0 Å². The van der Waals surface area contributed by atoms with E-state index in [1.807, 2.05) is 24.3 Å². The molecule has 2 atom stereocenters. The molecule has 0 spiro atoms. The van der Waals surface area contributed by atoms with E-state index in [-0.39, 0.29) is 0 Å². The lowest BCUT2D eigenvalue weighted by Gasteiger charge is -2.20. The van der Waals surface area contributed by atoms with E-state index in [9.17, 15) is 5.11 Å². The van der Waals surface area contributed by atoms with E-state index in [0.29, 0.717) is 23.3 Å². The second kappa shape index (κ2) is 7.90. The van der Waals surface area contributed by atoms with E-state index < -0.39 is 0 Å². The lowest BCUT2D eigenvalue weighted by atomic mass is 9.88. The summed E-state index contributed by atoms with van der Waals surface area (Å²) in [6.07, 6.45) is 4.41. The summed E-state index contributed by atoms with van der Waals surface area (Å²) in [5.74, 6) is 1.05. The summed E-state index contributed by atoms with van der Waals surface area (Å²) >= 11 is 0. The number of benzene rings is 2. The quantitative estimate of drug-likeness (QED) is 0.573. The Bertz CT molecular complexity index is 851. The third-order valence-electron chi connectivity index (χ3n) is 5.19. The summed E-state index contributed by atoms with van der Waals surface area (Å²) in [6, 6.07) is 12.0. The van der Waals surface area contributed by atoms with Gasteiger partial charge in [0.2, 0.25) is 0 Å². The zero-order valence-electron chi connectivity index (χ0n) is 16.2. The van der Waals surface area contributed by atoms with Crippen LogP contribution in [0.3, 0.4) is 0 Å². The molecule has 1 N–H and O–H groups in total. The molecule has 0 saturated heterocycles. The second-order valence-electron chi connectivity index (χ2n) is 7.34. The van der Waals surface area contributed by atoms with Crippen LogP contribution in [-0.4, -0.2) is 20.1 Å². The molecule has 0 fully saturated rings. The van der Waals surface area contributed by atoms with Crippen LogP contribution in [0.2, 0.25) is 0 Å². The van der Waals surface area contributed by atoms with E-state index in [4.69, 9.17) is 0 Å². The minimum absolute atomic E-state index is 0.303.